The van der Waals surface area contributed by atoms with E-state index in [0.717, 1.165) is 42.4 Å². The van der Waals surface area contributed by atoms with Gasteiger partial charge in [0.25, 0.3) is 0 Å². The number of benzene rings is 1. The van der Waals surface area contributed by atoms with Crippen molar-refractivity contribution in [2.45, 2.75) is 32.6 Å². The zero-order chi connectivity index (χ0) is 13.6. The first kappa shape index (κ1) is 12.4. The second kappa shape index (κ2) is 4.49. The van der Waals surface area contributed by atoms with Gasteiger partial charge in [0.15, 0.2) is 0 Å². The first-order valence-electron chi connectivity index (χ1n) is 6.50. The van der Waals surface area contributed by atoms with Crippen molar-refractivity contribution in [3.8, 4) is 17.4 Å². The van der Waals surface area contributed by atoms with Crippen LogP contribution in [0.15, 0.2) is 18.2 Å². The predicted molar refractivity (Wildman–Crippen MR) is 75.5 cm³/mol. The van der Waals surface area contributed by atoms with E-state index in [2.05, 4.69) is 0 Å². The molecule has 0 bridgehead atoms. The summed E-state index contributed by atoms with van der Waals surface area (Å²) >= 11 is 6.12. The second-order valence-corrected chi connectivity index (χ2v) is 5.49. The van der Waals surface area contributed by atoms with Gasteiger partial charge >= 0.3 is 0 Å². The normalized spacial score (nSPS) is 14.4. The minimum absolute atomic E-state index is 0.145. The number of nitrogens with zero attached hydrogens (tertiary/aromatic N) is 1. The molecule has 2 N–H and O–H groups in total. The Labute approximate surface area is 117 Å². The Morgan fingerprint density at radius 3 is 2.16 bits per heavy atom. The molecule has 1 aliphatic carbocycles. The maximum atomic E-state index is 10.3. The lowest BCUT2D eigenvalue weighted by molar-refractivity contribution is 0.399. The van der Waals surface area contributed by atoms with Crippen molar-refractivity contribution >= 4 is 11.6 Å². The molecule has 0 unspecified atom stereocenters. The molecule has 0 atom stereocenters. The van der Waals surface area contributed by atoms with Gasteiger partial charge in [0, 0.05) is 16.1 Å². The molecule has 0 saturated carbocycles. The Balaban J connectivity index is 2.19. The van der Waals surface area contributed by atoms with Crippen LogP contribution in [0.5, 0.6) is 11.8 Å². The smallest absolute Gasteiger partial charge is 0.202 e. The van der Waals surface area contributed by atoms with Crippen molar-refractivity contribution in [2.75, 3.05) is 0 Å². The average Bonchev–Trinajstić information content (AvgIpc) is 2.66. The Morgan fingerprint density at radius 1 is 1.05 bits per heavy atom. The zero-order valence-electron chi connectivity index (χ0n) is 10.8. The molecule has 100 valence electrons. The van der Waals surface area contributed by atoms with Crippen LogP contribution in [-0.4, -0.2) is 14.8 Å². The molecule has 19 heavy (non-hydrogen) atoms. The Hall–Kier alpha value is -1.61. The van der Waals surface area contributed by atoms with Gasteiger partial charge in [-0.1, -0.05) is 17.7 Å². The number of aromatic hydroxyl groups is 2. The summed E-state index contributed by atoms with van der Waals surface area (Å²) in [6, 6.07) is 5.50. The van der Waals surface area contributed by atoms with Crippen LogP contribution in [0.1, 0.15) is 29.5 Å². The maximum absolute atomic E-state index is 10.3. The summed E-state index contributed by atoms with van der Waals surface area (Å²) in [6.45, 7) is 1.92. The summed E-state index contributed by atoms with van der Waals surface area (Å²) in [4.78, 5) is 0. The number of aryl methyl sites for hydroxylation is 1. The first-order valence-corrected chi connectivity index (χ1v) is 6.88. The van der Waals surface area contributed by atoms with Crippen LogP contribution >= 0.6 is 11.6 Å². The summed E-state index contributed by atoms with van der Waals surface area (Å²) < 4.78 is 1.49. The number of aromatic nitrogens is 1. The molecule has 0 saturated heterocycles. The molecule has 2 aromatic rings. The summed E-state index contributed by atoms with van der Waals surface area (Å²) in [7, 11) is 0. The van der Waals surface area contributed by atoms with Crippen LogP contribution in [0.3, 0.4) is 0 Å². The van der Waals surface area contributed by atoms with Gasteiger partial charge in [0.05, 0.1) is 5.69 Å². The van der Waals surface area contributed by atoms with Gasteiger partial charge in [0.1, 0.15) is 0 Å². The summed E-state index contributed by atoms with van der Waals surface area (Å²) in [5.41, 5.74) is 3.42. The van der Waals surface area contributed by atoms with E-state index >= 15 is 0 Å². The van der Waals surface area contributed by atoms with Crippen molar-refractivity contribution in [1.29, 1.82) is 0 Å². The van der Waals surface area contributed by atoms with Gasteiger partial charge in [0.2, 0.25) is 11.8 Å². The van der Waals surface area contributed by atoms with Gasteiger partial charge in [-0.2, -0.15) is 0 Å². The number of hydrogen-bond acceptors (Lipinski definition) is 2. The molecule has 1 heterocycles. The highest BCUT2D eigenvalue weighted by Gasteiger charge is 2.25. The van der Waals surface area contributed by atoms with Crippen molar-refractivity contribution in [2.24, 2.45) is 0 Å². The second-order valence-electron chi connectivity index (χ2n) is 5.08. The zero-order valence-corrected chi connectivity index (χ0v) is 11.5. The lowest BCUT2D eigenvalue weighted by Crippen LogP contribution is -1.98. The Morgan fingerprint density at radius 2 is 1.63 bits per heavy atom. The quantitative estimate of drug-likeness (QED) is 0.834. The van der Waals surface area contributed by atoms with Gasteiger partial charge < -0.3 is 10.2 Å². The topological polar surface area (TPSA) is 45.4 Å². The summed E-state index contributed by atoms with van der Waals surface area (Å²) in [6.07, 6.45) is 3.75. The SMILES string of the molecule is Cc1ccc(-n2c(O)c3c(c2O)CCCC3)cc1Cl. The van der Waals surface area contributed by atoms with Crippen LogP contribution in [0, 0.1) is 6.92 Å². The summed E-state index contributed by atoms with van der Waals surface area (Å²) in [5.74, 6) is 0.291. The third-order valence-corrected chi connectivity index (χ3v) is 4.25. The highest BCUT2D eigenvalue weighted by Crippen LogP contribution is 2.41. The van der Waals surface area contributed by atoms with E-state index in [-0.39, 0.29) is 11.8 Å². The van der Waals surface area contributed by atoms with Crippen LogP contribution < -0.4 is 0 Å². The number of rotatable bonds is 1. The fourth-order valence-electron chi connectivity index (χ4n) is 2.73. The number of halogens is 1. The highest BCUT2D eigenvalue weighted by atomic mass is 35.5. The van der Waals surface area contributed by atoms with Crippen molar-refractivity contribution in [3.63, 3.8) is 0 Å². The van der Waals surface area contributed by atoms with E-state index in [9.17, 15) is 10.2 Å². The van der Waals surface area contributed by atoms with Crippen LogP contribution in [0.2, 0.25) is 5.02 Å². The van der Waals surface area contributed by atoms with E-state index in [1.165, 1.54) is 4.57 Å². The monoisotopic (exact) mass is 277 g/mol. The molecule has 1 aromatic carbocycles. The molecule has 1 aliphatic rings. The third-order valence-electron chi connectivity index (χ3n) is 3.84. The van der Waals surface area contributed by atoms with E-state index in [4.69, 9.17) is 11.6 Å². The molecule has 3 rings (SSSR count). The number of hydrogen-bond donors (Lipinski definition) is 2. The molecule has 0 aliphatic heterocycles. The minimum atomic E-state index is 0.145. The van der Waals surface area contributed by atoms with Crippen molar-refractivity contribution in [1.82, 2.24) is 4.57 Å². The lowest BCUT2D eigenvalue weighted by atomic mass is 9.95. The Kier molecular flexibility index (Phi) is 2.94. The van der Waals surface area contributed by atoms with Crippen LogP contribution in [0.25, 0.3) is 5.69 Å². The molecular formula is C15H16ClNO2. The molecule has 3 nitrogen and oxygen atoms in total. The van der Waals surface area contributed by atoms with E-state index in [0.29, 0.717) is 10.7 Å². The van der Waals surface area contributed by atoms with Crippen LogP contribution in [0.4, 0.5) is 0 Å². The fraction of sp³-hybridized carbons (Fsp3) is 0.333. The van der Waals surface area contributed by atoms with Crippen LogP contribution in [-0.2, 0) is 12.8 Å². The summed E-state index contributed by atoms with van der Waals surface area (Å²) in [5, 5.41) is 21.3. The Bertz CT molecular complexity index is 617. The highest BCUT2D eigenvalue weighted by molar-refractivity contribution is 6.31. The molecule has 4 heteroatoms. The van der Waals surface area contributed by atoms with E-state index in [1.54, 1.807) is 6.07 Å². The van der Waals surface area contributed by atoms with Gasteiger partial charge in [-0.3, -0.25) is 4.57 Å². The minimum Gasteiger partial charge on any atom is -0.494 e. The van der Waals surface area contributed by atoms with E-state index < -0.39 is 0 Å². The predicted octanol–water partition coefficient (Wildman–Crippen LogP) is 3.73. The largest absolute Gasteiger partial charge is 0.494 e. The third kappa shape index (κ3) is 1.89. The van der Waals surface area contributed by atoms with Gasteiger partial charge in [-0.05, 0) is 50.3 Å². The maximum Gasteiger partial charge on any atom is 0.202 e. The molecular weight excluding hydrogens is 262 g/mol. The first-order chi connectivity index (χ1) is 9.09. The van der Waals surface area contributed by atoms with Crippen molar-refractivity contribution < 1.29 is 10.2 Å². The van der Waals surface area contributed by atoms with Gasteiger partial charge in [-0.15, -0.1) is 0 Å². The molecule has 0 radical (unpaired) electrons. The molecule has 1 aromatic heterocycles. The molecule has 0 amide bonds. The van der Waals surface area contributed by atoms with Gasteiger partial charge in [-0.25, -0.2) is 0 Å². The fourth-order valence-corrected chi connectivity index (χ4v) is 2.91. The van der Waals surface area contributed by atoms with E-state index in [1.807, 2.05) is 19.1 Å². The standard InChI is InChI=1S/C15H16ClNO2/c1-9-6-7-10(8-13(9)16)17-14(18)11-4-2-3-5-12(11)15(17)19/h6-8,18-19H,2-5H2,1H3. The molecule has 0 fully saturated rings. The van der Waals surface area contributed by atoms with Crippen molar-refractivity contribution in [3.05, 3.63) is 39.9 Å². The average molecular weight is 278 g/mol. The molecule has 0 spiro atoms. The number of fused-ring (bicyclic) bond motifs is 1. The lowest BCUT2D eigenvalue weighted by Gasteiger charge is -2.09.